The normalized spacial score (nSPS) is 30.1. The second-order valence-corrected chi connectivity index (χ2v) is 9.16. The number of fused-ring (bicyclic) bond motifs is 2. The summed E-state index contributed by atoms with van der Waals surface area (Å²) in [6.07, 6.45) is 5.94. The molecule has 4 rings (SSSR count). The minimum atomic E-state index is 0.169. The van der Waals surface area contributed by atoms with E-state index in [1.165, 1.54) is 24.8 Å². The van der Waals surface area contributed by atoms with E-state index < -0.39 is 0 Å². The number of anilines is 1. The first-order valence-electron chi connectivity index (χ1n) is 10.1. The predicted octanol–water partition coefficient (Wildman–Crippen LogP) is 4.92. The molecule has 2 aliphatic rings. The highest BCUT2D eigenvalue weighted by atomic mass is 35.5. The van der Waals surface area contributed by atoms with Gasteiger partial charge in [0, 0.05) is 23.7 Å². The number of nitrogens with zero attached hydrogens (tertiary/aromatic N) is 3. The largest absolute Gasteiger partial charge is 0.497 e. The van der Waals surface area contributed by atoms with Gasteiger partial charge >= 0.3 is 0 Å². The molecule has 0 unspecified atom stereocenters. The zero-order valence-corrected chi connectivity index (χ0v) is 17.7. The lowest BCUT2D eigenvalue weighted by molar-refractivity contribution is -0.0947. The maximum absolute atomic E-state index is 5.88. The summed E-state index contributed by atoms with van der Waals surface area (Å²) in [6.45, 7) is 5.83. The Morgan fingerprint density at radius 2 is 1.75 bits per heavy atom. The van der Waals surface area contributed by atoms with Gasteiger partial charge in [0.05, 0.1) is 7.11 Å². The lowest BCUT2D eigenvalue weighted by Gasteiger charge is -2.61. The minimum Gasteiger partial charge on any atom is -0.497 e. The summed E-state index contributed by atoms with van der Waals surface area (Å²) in [5, 5.41) is 12.2. The molecular formula is C22H29ClN4O. The molecule has 2 aliphatic heterocycles. The Morgan fingerprint density at radius 3 is 2.32 bits per heavy atom. The van der Waals surface area contributed by atoms with Crippen molar-refractivity contribution in [2.45, 2.75) is 69.6 Å². The molecule has 5 nitrogen and oxygen atoms in total. The van der Waals surface area contributed by atoms with Crippen LogP contribution >= 0.6 is 11.6 Å². The van der Waals surface area contributed by atoms with E-state index in [0.717, 1.165) is 31.0 Å². The van der Waals surface area contributed by atoms with Crippen molar-refractivity contribution in [1.82, 2.24) is 15.1 Å². The molecule has 2 fully saturated rings. The summed E-state index contributed by atoms with van der Waals surface area (Å²) in [5.41, 5.74) is 1.68. The highest BCUT2D eigenvalue weighted by Crippen LogP contribution is 2.49. The first-order chi connectivity index (χ1) is 13.4. The highest BCUT2D eigenvalue weighted by molar-refractivity contribution is 6.29. The van der Waals surface area contributed by atoms with Crippen LogP contribution in [0.1, 0.15) is 51.5 Å². The van der Waals surface area contributed by atoms with Crippen LogP contribution in [0, 0.1) is 0 Å². The fourth-order valence-electron chi connectivity index (χ4n) is 5.33. The average molecular weight is 401 g/mol. The molecule has 3 atom stereocenters. The zero-order valence-electron chi connectivity index (χ0n) is 16.9. The van der Waals surface area contributed by atoms with Crippen molar-refractivity contribution >= 4 is 17.4 Å². The fraction of sp³-hybridized carbons (Fsp3) is 0.545. The van der Waals surface area contributed by atoms with Gasteiger partial charge in [0.25, 0.3) is 0 Å². The number of methoxy groups -OCH3 is 1. The molecule has 2 saturated heterocycles. The van der Waals surface area contributed by atoms with Crippen LogP contribution < -0.4 is 10.1 Å². The molecule has 0 amide bonds. The molecule has 150 valence electrons. The maximum atomic E-state index is 5.88. The fourth-order valence-corrected chi connectivity index (χ4v) is 5.43. The summed E-state index contributed by atoms with van der Waals surface area (Å²) in [5.74, 6) is 1.72. The molecule has 1 aromatic carbocycles. The summed E-state index contributed by atoms with van der Waals surface area (Å²) in [4.78, 5) is 2.75. The first-order valence-corrected chi connectivity index (χ1v) is 10.4. The number of hydrogen-bond acceptors (Lipinski definition) is 5. The first kappa shape index (κ1) is 19.5. The number of aromatic nitrogens is 2. The van der Waals surface area contributed by atoms with Crippen LogP contribution in [0.15, 0.2) is 36.4 Å². The molecule has 2 bridgehead atoms. The van der Waals surface area contributed by atoms with Gasteiger partial charge in [0.1, 0.15) is 11.6 Å². The molecule has 2 aromatic rings. The van der Waals surface area contributed by atoms with Crippen molar-refractivity contribution in [3.63, 3.8) is 0 Å². The van der Waals surface area contributed by atoms with Gasteiger partial charge in [-0.25, -0.2) is 0 Å². The van der Waals surface area contributed by atoms with Crippen LogP contribution in [0.25, 0.3) is 0 Å². The van der Waals surface area contributed by atoms with Crippen molar-refractivity contribution in [3.05, 3.63) is 47.1 Å². The van der Waals surface area contributed by atoms with E-state index in [0.29, 0.717) is 11.2 Å². The molecular weight excluding hydrogens is 372 g/mol. The Morgan fingerprint density at radius 1 is 1.07 bits per heavy atom. The van der Waals surface area contributed by atoms with E-state index in [1.807, 2.05) is 6.07 Å². The smallest absolute Gasteiger partial charge is 0.151 e. The molecule has 0 radical (unpaired) electrons. The van der Waals surface area contributed by atoms with E-state index in [4.69, 9.17) is 16.3 Å². The lowest BCUT2D eigenvalue weighted by atomic mass is 9.67. The van der Waals surface area contributed by atoms with E-state index in [2.05, 4.69) is 58.5 Å². The minimum absolute atomic E-state index is 0.169. The van der Waals surface area contributed by atoms with Gasteiger partial charge in [0.2, 0.25) is 0 Å². The number of hydrogen-bond donors (Lipinski definition) is 1. The van der Waals surface area contributed by atoms with Crippen molar-refractivity contribution in [2.24, 2.45) is 0 Å². The average Bonchev–Trinajstić information content (AvgIpc) is 2.66. The van der Waals surface area contributed by atoms with Crippen LogP contribution in [-0.4, -0.2) is 39.3 Å². The Balaban J connectivity index is 1.53. The van der Waals surface area contributed by atoms with E-state index in [1.54, 1.807) is 13.2 Å². The zero-order chi connectivity index (χ0) is 19.8. The summed E-state index contributed by atoms with van der Waals surface area (Å²) >= 11 is 5.88. The molecule has 6 heteroatoms. The van der Waals surface area contributed by atoms with Crippen LogP contribution in [0.4, 0.5) is 5.82 Å². The number of piperidine rings is 2. The Bertz CT molecular complexity index is 792. The topological polar surface area (TPSA) is 50.3 Å². The number of halogens is 1. The quantitative estimate of drug-likeness (QED) is 0.772. The van der Waals surface area contributed by atoms with Crippen molar-refractivity contribution in [2.75, 3.05) is 12.4 Å². The van der Waals surface area contributed by atoms with Gasteiger partial charge in [0.15, 0.2) is 5.15 Å². The second kappa shape index (κ2) is 7.53. The third-order valence-electron chi connectivity index (χ3n) is 6.59. The monoisotopic (exact) mass is 400 g/mol. The van der Waals surface area contributed by atoms with Gasteiger partial charge in [-0.15, -0.1) is 10.2 Å². The summed E-state index contributed by atoms with van der Waals surface area (Å²) < 4.78 is 5.31. The van der Waals surface area contributed by atoms with Crippen molar-refractivity contribution in [3.8, 4) is 5.75 Å². The second-order valence-electron chi connectivity index (χ2n) is 8.77. The number of rotatable bonds is 5. The molecule has 28 heavy (non-hydrogen) atoms. The van der Waals surface area contributed by atoms with Crippen LogP contribution in [0.2, 0.25) is 5.15 Å². The number of nitrogens with one attached hydrogen (secondary N) is 1. The van der Waals surface area contributed by atoms with Crippen LogP contribution in [0.3, 0.4) is 0 Å². The molecule has 1 aromatic heterocycles. The number of ether oxygens (including phenoxy) is 1. The standard InChI is InChI=1S/C22H29ClN4O/c1-21-11-4-12-22(2,27(21)15-16-5-7-18(28-3)8-6-16)14-17(13-21)24-20-10-9-19(23)25-26-20/h5-10,17H,4,11-15H2,1-3H3,(H,24,26)/t17-,21+,22-. The Kier molecular flexibility index (Phi) is 5.23. The van der Waals surface area contributed by atoms with E-state index in [9.17, 15) is 0 Å². The Hall–Kier alpha value is -1.85. The SMILES string of the molecule is COc1ccc(CN2[C@@]3(C)CCC[C@]2(C)C[C@H](Nc2ccc(Cl)nn2)C3)cc1. The highest BCUT2D eigenvalue weighted by Gasteiger charge is 2.52. The third-order valence-corrected chi connectivity index (χ3v) is 6.79. The molecule has 1 N–H and O–H groups in total. The summed E-state index contributed by atoms with van der Waals surface area (Å²) in [7, 11) is 1.71. The predicted molar refractivity (Wildman–Crippen MR) is 113 cm³/mol. The third kappa shape index (κ3) is 3.83. The molecule has 0 saturated carbocycles. The molecule has 0 aliphatic carbocycles. The summed E-state index contributed by atoms with van der Waals surface area (Å²) in [6, 6.07) is 12.6. The van der Waals surface area contributed by atoms with Gasteiger partial charge in [-0.1, -0.05) is 23.7 Å². The van der Waals surface area contributed by atoms with Gasteiger partial charge in [-0.3, -0.25) is 4.90 Å². The van der Waals surface area contributed by atoms with Crippen LogP contribution in [-0.2, 0) is 6.54 Å². The van der Waals surface area contributed by atoms with E-state index in [-0.39, 0.29) is 11.1 Å². The van der Waals surface area contributed by atoms with Crippen molar-refractivity contribution < 1.29 is 4.74 Å². The van der Waals surface area contributed by atoms with Crippen molar-refractivity contribution in [1.29, 1.82) is 0 Å². The van der Waals surface area contributed by atoms with Crippen LogP contribution in [0.5, 0.6) is 5.75 Å². The van der Waals surface area contributed by atoms with E-state index >= 15 is 0 Å². The van der Waals surface area contributed by atoms with Gasteiger partial charge < -0.3 is 10.1 Å². The van der Waals surface area contributed by atoms with Gasteiger partial charge in [-0.2, -0.15) is 0 Å². The Labute approximate surface area is 172 Å². The van der Waals surface area contributed by atoms with Gasteiger partial charge in [-0.05, 0) is 75.8 Å². The lowest BCUT2D eigenvalue weighted by Crippen LogP contribution is -2.67. The molecule has 0 spiro atoms. The maximum Gasteiger partial charge on any atom is 0.151 e. The number of benzene rings is 1. The molecule has 3 heterocycles.